The number of allylic oxidation sites excluding steroid dienone is 2. The van der Waals surface area contributed by atoms with E-state index in [4.69, 9.17) is 53.8 Å². The van der Waals surface area contributed by atoms with Crippen molar-refractivity contribution in [1.29, 1.82) is 0 Å². The molecule has 5 radical (unpaired) electrons. The molecule has 0 bridgehead atoms. The molecule has 0 aliphatic rings. The third kappa shape index (κ3) is 28.1. The van der Waals surface area contributed by atoms with Gasteiger partial charge in [0.25, 0.3) is 5.76 Å². The first kappa shape index (κ1) is 112. The van der Waals surface area contributed by atoms with E-state index in [0.29, 0.717) is 114 Å². The smallest absolute Gasteiger partial charge is 0.368 e. The van der Waals surface area contributed by atoms with Crippen molar-refractivity contribution in [2.75, 3.05) is 35.5 Å². The maximum Gasteiger partial charge on any atom is 0.368 e. The molecule has 35 nitrogen and oxygen atoms in total. The van der Waals surface area contributed by atoms with Gasteiger partial charge in [-0.05, 0) is 125 Å². The van der Waals surface area contributed by atoms with Crippen LogP contribution in [0.3, 0.4) is 0 Å². The monoisotopic (exact) mass is 2210 g/mol. The van der Waals surface area contributed by atoms with Crippen LogP contribution in [0, 0.1) is 42.7 Å². The topological polar surface area (TPSA) is 356 Å². The Morgan fingerprint density at radius 3 is 0.970 bits per heavy atom. The van der Waals surface area contributed by atoms with Crippen LogP contribution in [0.1, 0.15) is 63.9 Å². The molecule has 0 fully saturated rings. The zero-order chi connectivity index (χ0) is 92.2. The van der Waals surface area contributed by atoms with Crippen molar-refractivity contribution >= 4 is 29.5 Å². The molecule has 0 spiro atoms. The summed E-state index contributed by atoms with van der Waals surface area (Å²) in [5, 5.41) is 38.2. The first-order valence-corrected chi connectivity index (χ1v) is 39.6. The Kier molecular flexibility index (Phi) is 46.0. The molecular formula is C91H85F2N20O15SY5-5. The van der Waals surface area contributed by atoms with Crippen molar-refractivity contribution < 1.29 is 220 Å². The van der Waals surface area contributed by atoms with E-state index in [2.05, 4.69) is 102 Å². The number of aryl methyl sites for hydroxylation is 5. The summed E-state index contributed by atoms with van der Waals surface area (Å²) in [7, 11) is 15.4. The van der Waals surface area contributed by atoms with Crippen LogP contribution in [0.5, 0.6) is 57.5 Å². The largest absolute Gasteiger partial charge is 0.551 e. The Morgan fingerprint density at radius 2 is 0.672 bits per heavy atom. The minimum Gasteiger partial charge on any atom is -0.551 e. The number of halogens is 2. The predicted molar refractivity (Wildman–Crippen MR) is 473 cm³/mol. The Morgan fingerprint density at radius 1 is 0.396 bits per heavy atom. The molecule has 5 aromatic heterocycles. The number of alkyl halides is 2. The summed E-state index contributed by atoms with van der Waals surface area (Å²) in [6.45, 7) is 12.4. The van der Waals surface area contributed by atoms with Gasteiger partial charge in [-0.25, -0.2) is 24.0 Å². The number of aromatic nitrogens is 20. The number of nitrogens with zero attached hydrogens (tertiary/aromatic N) is 20. The van der Waals surface area contributed by atoms with Gasteiger partial charge in [-0.2, -0.15) is 116 Å². The van der Waals surface area contributed by atoms with E-state index in [1.165, 1.54) is 60.0 Å². The molecule has 0 saturated heterocycles. The Hall–Kier alpha value is -10.9. The zero-order valence-corrected chi connectivity index (χ0v) is 89.8. The van der Waals surface area contributed by atoms with Crippen LogP contribution in [0.2, 0.25) is 0 Å². The van der Waals surface area contributed by atoms with Gasteiger partial charge in [0.15, 0.2) is 0 Å². The quantitative estimate of drug-likeness (QED) is 0.0229. The number of hydrogen-bond acceptors (Lipinski definition) is 26. The second kappa shape index (κ2) is 55.2. The van der Waals surface area contributed by atoms with Crippen LogP contribution in [-0.4, -0.2) is 140 Å². The average molecular weight is 2210 g/mol. The van der Waals surface area contributed by atoms with Crippen molar-refractivity contribution in [2.45, 2.75) is 57.5 Å². The van der Waals surface area contributed by atoms with Crippen molar-refractivity contribution in [3.05, 3.63) is 334 Å². The van der Waals surface area contributed by atoms with E-state index in [0.717, 1.165) is 53.0 Å². The molecule has 15 rings (SSSR count). The van der Waals surface area contributed by atoms with Gasteiger partial charge < -0.3 is 47.4 Å². The van der Waals surface area contributed by atoms with Gasteiger partial charge in [-0.3, -0.25) is 0 Å². The number of terminal acetylenes is 1. The van der Waals surface area contributed by atoms with Crippen molar-refractivity contribution in [3.8, 4) is 98.3 Å². The summed E-state index contributed by atoms with van der Waals surface area (Å²) in [4.78, 5) is 61.4. The SMILES string of the molecule is C#Cc1cccc(-n2nnn(C)c2=O)c1COc1cc[c-]cc1OC.C/C=C/c1cccc(-n2nnn(C)c2=O)c1COc1cc[c-]cc1OC.C=C(C)c1cccc(-n2nnn(C)c2=O)c1COc1cc[c-]cc1OC.C=Cc1cccc(-n2nnn(C)c2=O)c1COc1cc[c-]cc1OC.COc1c[c-]ccc1OCc1c(SC(F)F)cccc1-n1nnn(C)c1=O.[Y].[Y].[Y].[Y].[Y]. The summed E-state index contributed by atoms with van der Waals surface area (Å²) in [6.07, 6.45) is 11.2. The molecular weight excluding hydrogens is 2130 g/mol. The van der Waals surface area contributed by atoms with Crippen molar-refractivity contribution in [2.24, 2.45) is 35.2 Å². The number of rotatable bonds is 30. The molecule has 0 atom stereocenters. The standard InChI is InChI=1S/2C19H19N4O3.C18H17N4O3.C18H15N4O3.C17H15F2N4O3S.5Y/c1-13(2)14-8-7-9-16(23-19(24)22(3)20-21-23)15(14)12-26-18-11-6-5-10-17(18)25-4;1-4-8-14-9-7-10-16(23-19(24)22(2)20-21-23)15(14)13-26-18-12-6-5-11-17(18)25-3;2*1-4-13-8-7-9-15(22-18(23)21(2)19-20-22)14(13)12-25-17-11-6-5-10-16(17)24-3;1-22-17(24)23(21-20-22)12-6-5-9-15(27-16(18)19)11(12)10-26-14-8-4-3-7-13(14)25-2;;;;;/h6-11H,1,12H2,2-4H3;4,6-12H,13H2,1-3H3;4,6-11H,1,12H2,2-3H3;1,6-11H,12H2,2-3H3;4-9,16H,10H2,1-2H3;;;;;/q5*-1;;;;;/b;8-4+;;;;;;;;. The molecule has 5 heterocycles. The molecule has 0 aliphatic carbocycles. The summed E-state index contributed by atoms with van der Waals surface area (Å²) < 4.78 is 93.5. The molecule has 10 aromatic carbocycles. The maximum absolute atomic E-state index is 13.0. The Labute approximate surface area is 898 Å². The van der Waals surface area contributed by atoms with E-state index in [-0.39, 0.29) is 224 Å². The van der Waals surface area contributed by atoms with Crippen LogP contribution >= 0.6 is 11.8 Å². The number of benzene rings is 10. The van der Waals surface area contributed by atoms with Crippen molar-refractivity contribution in [1.82, 2.24) is 99.0 Å². The Bertz CT molecular complexity index is 6840. The van der Waals surface area contributed by atoms with E-state index in [1.54, 1.807) is 189 Å². The zero-order valence-electron chi connectivity index (χ0n) is 74.8. The second-order valence-electron chi connectivity index (χ2n) is 26.9. The number of tetrazole rings is 5. The average Bonchev–Trinajstić information content (AvgIpc) is 1.61. The summed E-state index contributed by atoms with van der Waals surface area (Å²) in [6, 6.07) is 67.0. The first-order valence-electron chi connectivity index (χ1n) is 38.7. The molecule has 134 heavy (non-hydrogen) atoms. The van der Waals surface area contributed by atoms with Gasteiger partial charge in [0.2, 0.25) is 0 Å². The van der Waals surface area contributed by atoms with Crippen LogP contribution in [-0.2, 0) is 232 Å². The molecule has 0 aliphatic heterocycles. The number of ether oxygens (including phenoxy) is 10. The van der Waals surface area contributed by atoms with Crippen molar-refractivity contribution in [3.63, 3.8) is 0 Å². The minimum absolute atomic E-state index is 0. The molecule has 43 heteroatoms. The predicted octanol–water partition coefficient (Wildman–Crippen LogP) is 10.8. The normalized spacial score (nSPS) is 10.3. The summed E-state index contributed by atoms with van der Waals surface area (Å²) in [5.74, 6) is 5.47. The van der Waals surface area contributed by atoms with Gasteiger partial charge in [0.05, 0.1) is 92.7 Å². The molecule has 679 valence electrons. The van der Waals surface area contributed by atoms with Gasteiger partial charge >= 0.3 is 28.4 Å². The van der Waals surface area contributed by atoms with E-state index in [9.17, 15) is 32.8 Å². The van der Waals surface area contributed by atoms with Gasteiger partial charge in [0, 0.05) is 266 Å². The van der Waals surface area contributed by atoms with Crippen LogP contribution in [0.15, 0.2) is 230 Å². The second-order valence-corrected chi connectivity index (χ2v) is 27.9. The third-order valence-electron chi connectivity index (χ3n) is 18.8. The van der Waals surface area contributed by atoms with E-state index in [1.807, 2.05) is 68.5 Å². The Balaban J connectivity index is 0.000000255. The molecule has 15 aromatic rings. The van der Waals surface area contributed by atoms with Gasteiger partial charge in [-0.1, -0.05) is 103 Å². The fraction of sp³-hybridized carbons (Fsp3) is 0.198. The fourth-order valence-electron chi connectivity index (χ4n) is 12.4. The number of thioether (sulfide) groups is 1. The molecule has 0 N–H and O–H groups in total. The van der Waals surface area contributed by atoms with Crippen LogP contribution in [0.4, 0.5) is 8.78 Å². The molecule has 0 saturated carbocycles. The molecule has 0 amide bonds. The van der Waals surface area contributed by atoms with E-state index >= 15 is 0 Å². The van der Waals surface area contributed by atoms with Crippen LogP contribution < -0.4 is 75.8 Å². The fourth-order valence-corrected chi connectivity index (χ4v) is 13.0. The molecule has 0 unspecified atom stereocenters. The minimum atomic E-state index is -2.63. The maximum atomic E-state index is 13.0. The third-order valence-corrected chi connectivity index (χ3v) is 19.6. The van der Waals surface area contributed by atoms with Gasteiger partial charge in [-0.15, -0.1) is 67.1 Å². The van der Waals surface area contributed by atoms with E-state index < -0.39 is 11.4 Å². The number of methoxy groups -OCH3 is 5. The van der Waals surface area contributed by atoms with Crippen LogP contribution in [0.25, 0.3) is 46.2 Å². The number of hydrogen-bond donors (Lipinski definition) is 0. The first-order chi connectivity index (χ1) is 62.5. The summed E-state index contributed by atoms with van der Waals surface area (Å²) >= 11 is 0.371. The summed E-state index contributed by atoms with van der Waals surface area (Å²) in [5.41, 5.74) is 8.36. The van der Waals surface area contributed by atoms with Gasteiger partial charge in [0.1, 0.15) is 33.0 Å².